The van der Waals surface area contributed by atoms with Crippen molar-refractivity contribution < 1.29 is 0 Å². The number of halogens is 3. The standard InChI is InChI=1S/C15H9Cl3N2/c1-8-3-2-4-9(7-8)15-19-13-11(17)6-5-10(16)12(13)14(18)20-15/h2-7H,1H3. The number of aromatic nitrogens is 2. The molecule has 0 N–H and O–H groups in total. The molecule has 0 atom stereocenters. The lowest BCUT2D eigenvalue weighted by Gasteiger charge is -2.07. The zero-order chi connectivity index (χ0) is 14.3. The monoisotopic (exact) mass is 322 g/mol. The molecule has 0 saturated carbocycles. The number of benzene rings is 2. The lowest BCUT2D eigenvalue weighted by atomic mass is 10.1. The molecule has 20 heavy (non-hydrogen) atoms. The van der Waals surface area contributed by atoms with Gasteiger partial charge >= 0.3 is 0 Å². The van der Waals surface area contributed by atoms with Gasteiger partial charge < -0.3 is 0 Å². The highest BCUT2D eigenvalue weighted by atomic mass is 35.5. The van der Waals surface area contributed by atoms with Gasteiger partial charge in [-0.05, 0) is 25.1 Å². The summed E-state index contributed by atoms with van der Waals surface area (Å²) in [6, 6.07) is 11.3. The molecule has 2 nitrogen and oxygen atoms in total. The molecule has 0 radical (unpaired) electrons. The zero-order valence-corrected chi connectivity index (χ0v) is 12.8. The molecule has 0 spiro atoms. The van der Waals surface area contributed by atoms with Gasteiger partial charge in [0.05, 0.1) is 20.9 Å². The first kappa shape index (κ1) is 13.6. The minimum atomic E-state index is 0.305. The van der Waals surface area contributed by atoms with E-state index in [0.29, 0.717) is 31.9 Å². The molecule has 0 aliphatic rings. The van der Waals surface area contributed by atoms with Crippen LogP contribution in [-0.2, 0) is 0 Å². The summed E-state index contributed by atoms with van der Waals surface area (Å²) in [4.78, 5) is 8.82. The molecule has 5 heteroatoms. The summed E-state index contributed by atoms with van der Waals surface area (Å²) in [7, 11) is 0. The van der Waals surface area contributed by atoms with Crippen molar-refractivity contribution in [1.29, 1.82) is 0 Å². The highest BCUT2D eigenvalue weighted by molar-refractivity contribution is 6.44. The number of aryl methyl sites for hydroxylation is 1. The fraction of sp³-hybridized carbons (Fsp3) is 0.0667. The quantitative estimate of drug-likeness (QED) is 0.547. The van der Waals surface area contributed by atoms with Gasteiger partial charge in [0, 0.05) is 5.56 Å². The van der Waals surface area contributed by atoms with Crippen molar-refractivity contribution >= 4 is 45.7 Å². The van der Waals surface area contributed by atoms with Gasteiger partial charge in [0.15, 0.2) is 5.82 Å². The molecule has 1 heterocycles. The van der Waals surface area contributed by atoms with E-state index in [-0.39, 0.29) is 0 Å². The van der Waals surface area contributed by atoms with Crippen LogP contribution in [0, 0.1) is 6.92 Å². The average molecular weight is 324 g/mol. The Morgan fingerprint density at radius 3 is 2.40 bits per heavy atom. The van der Waals surface area contributed by atoms with Crippen LogP contribution in [0.1, 0.15) is 5.56 Å². The molecule has 0 unspecified atom stereocenters. The van der Waals surface area contributed by atoms with E-state index in [4.69, 9.17) is 34.8 Å². The number of nitrogens with zero attached hydrogens (tertiary/aromatic N) is 2. The zero-order valence-electron chi connectivity index (χ0n) is 10.5. The Bertz CT molecular complexity index is 816. The summed E-state index contributed by atoms with van der Waals surface area (Å²) in [6.45, 7) is 2.01. The molecule has 0 bridgehead atoms. The molecular formula is C15H9Cl3N2. The maximum Gasteiger partial charge on any atom is 0.161 e. The van der Waals surface area contributed by atoms with Crippen molar-refractivity contribution in [2.75, 3.05) is 0 Å². The summed E-state index contributed by atoms with van der Waals surface area (Å²) >= 11 is 18.6. The largest absolute Gasteiger partial charge is 0.226 e. The predicted molar refractivity (Wildman–Crippen MR) is 84.7 cm³/mol. The van der Waals surface area contributed by atoms with Gasteiger partial charge in [0.25, 0.3) is 0 Å². The maximum atomic E-state index is 6.23. The summed E-state index contributed by atoms with van der Waals surface area (Å²) < 4.78 is 0. The molecule has 0 aliphatic carbocycles. The van der Waals surface area contributed by atoms with Gasteiger partial charge in [-0.25, -0.2) is 9.97 Å². The Hall–Kier alpha value is -1.35. The van der Waals surface area contributed by atoms with Crippen LogP contribution in [-0.4, -0.2) is 9.97 Å². The van der Waals surface area contributed by atoms with Crippen LogP contribution in [0.3, 0.4) is 0 Å². The van der Waals surface area contributed by atoms with Gasteiger partial charge in [-0.3, -0.25) is 0 Å². The van der Waals surface area contributed by atoms with E-state index in [2.05, 4.69) is 9.97 Å². The first-order valence-corrected chi connectivity index (χ1v) is 7.08. The minimum Gasteiger partial charge on any atom is -0.226 e. The van der Waals surface area contributed by atoms with E-state index in [1.165, 1.54) is 0 Å². The third-order valence-electron chi connectivity index (χ3n) is 2.98. The van der Waals surface area contributed by atoms with Crippen molar-refractivity contribution in [1.82, 2.24) is 9.97 Å². The molecule has 0 saturated heterocycles. The van der Waals surface area contributed by atoms with Crippen molar-refractivity contribution in [3.05, 3.63) is 57.2 Å². The SMILES string of the molecule is Cc1cccc(-c2nc(Cl)c3c(Cl)ccc(Cl)c3n2)c1. The van der Waals surface area contributed by atoms with E-state index >= 15 is 0 Å². The van der Waals surface area contributed by atoms with Crippen LogP contribution in [0.5, 0.6) is 0 Å². The van der Waals surface area contributed by atoms with E-state index in [0.717, 1.165) is 11.1 Å². The van der Waals surface area contributed by atoms with Gasteiger partial charge in [0.1, 0.15) is 5.15 Å². The maximum absolute atomic E-state index is 6.23. The molecule has 3 aromatic rings. The second-order valence-corrected chi connectivity index (χ2v) is 5.63. The van der Waals surface area contributed by atoms with Crippen LogP contribution in [0.25, 0.3) is 22.3 Å². The van der Waals surface area contributed by atoms with Crippen LogP contribution in [0.15, 0.2) is 36.4 Å². The normalized spacial score (nSPS) is 11.0. The Morgan fingerprint density at radius 1 is 0.900 bits per heavy atom. The summed E-state index contributed by atoms with van der Waals surface area (Å²) in [6.07, 6.45) is 0. The molecule has 3 rings (SSSR count). The lowest BCUT2D eigenvalue weighted by Crippen LogP contribution is -1.93. The highest BCUT2D eigenvalue weighted by Crippen LogP contribution is 2.34. The molecule has 1 aromatic heterocycles. The minimum absolute atomic E-state index is 0.305. The molecule has 100 valence electrons. The van der Waals surface area contributed by atoms with E-state index in [1.54, 1.807) is 12.1 Å². The van der Waals surface area contributed by atoms with E-state index in [1.807, 2.05) is 31.2 Å². The van der Waals surface area contributed by atoms with Crippen molar-refractivity contribution in [3.8, 4) is 11.4 Å². The smallest absolute Gasteiger partial charge is 0.161 e. The Kier molecular flexibility index (Phi) is 3.55. The summed E-state index contributed by atoms with van der Waals surface area (Å²) in [5.74, 6) is 0.537. The Labute approximate surface area is 131 Å². The van der Waals surface area contributed by atoms with Crippen LogP contribution < -0.4 is 0 Å². The second kappa shape index (κ2) is 5.21. The predicted octanol–water partition coefficient (Wildman–Crippen LogP) is 5.57. The third kappa shape index (κ3) is 2.35. The topological polar surface area (TPSA) is 25.8 Å². The molecular weight excluding hydrogens is 315 g/mol. The number of hydrogen-bond acceptors (Lipinski definition) is 2. The van der Waals surface area contributed by atoms with E-state index in [9.17, 15) is 0 Å². The van der Waals surface area contributed by atoms with Crippen molar-refractivity contribution in [2.24, 2.45) is 0 Å². The first-order chi connectivity index (χ1) is 9.56. The number of rotatable bonds is 1. The van der Waals surface area contributed by atoms with Crippen LogP contribution >= 0.6 is 34.8 Å². The first-order valence-electron chi connectivity index (χ1n) is 5.94. The summed E-state index contributed by atoms with van der Waals surface area (Å²) in [5, 5.41) is 1.88. The van der Waals surface area contributed by atoms with Gasteiger partial charge in [-0.15, -0.1) is 0 Å². The molecule has 0 aliphatic heterocycles. The average Bonchev–Trinajstić information content (AvgIpc) is 2.42. The van der Waals surface area contributed by atoms with Crippen LogP contribution in [0.4, 0.5) is 0 Å². The fourth-order valence-electron chi connectivity index (χ4n) is 2.04. The van der Waals surface area contributed by atoms with Crippen LogP contribution in [0.2, 0.25) is 15.2 Å². The van der Waals surface area contributed by atoms with Crippen molar-refractivity contribution in [3.63, 3.8) is 0 Å². The fourth-order valence-corrected chi connectivity index (χ4v) is 2.80. The third-order valence-corrected chi connectivity index (χ3v) is 3.88. The number of hydrogen-bond donors (Lipinski definition) is 0. The lowest BCUT2D eigenvalue weighted by molar-refractivity contribution is 1.22. The Balaban J connectivity index is 2.32. The van der Waals surface area contributed by atoms with Gasteiger partial charge in [-0.2, -0.15) is 0 Å². The molecule has 0 amide bonds. The molecule has 2 aromatic carbocycles. The summed E-state index contributed by atoms with van der Waals surface area (Å²) in [5.41, 5.74) is 2.58. The highest BCUT2D eigenvalue weighted by Gasteiger charge is 2.13. The van der Waals surface area contributed by atoms with Gasteiger partial charge in [-0.1, -0.05) is 58.6 Å². The van der Waals surface area contributed by atoms with Gasteiger partial charge in [0.2, 0.25) is 0 Å². The van der Waals surface area contributed by atoms with Crippen molar-refractivity contribution in [2.45, 2.75) is 6.92 Å². The Morgan fingerprint density at radius 2 is 1.65 bits per heavy atom. The van der Waals surface area contributed by atoms with E-state index < -0.39 is 0 Å². The molecule has 0 fully saturated rings. The number of fused-ring (bicyclic) bond motifs is 1. The second-order valence-electron chi connectivity index (χ2n) is 4.46.